The van der Waals surface area contributed by atoms with Crippen molar-refractivity contribution in [2.75, 3.05) is 33.3 Å². The number of aryl methyl sites for hydroxylation is 2. The Bertz CT molecular complexity index is 736. The van der Waals surface area contributed by atoms with E-state index in [1.807, 2.05) is 36.1 Å². The molecule has 0 aliphatic carbocycles. The first-order valence-electron chi connectivity index (χ1n) is 9.58. The zero-order valence-electron chi connectivity index (χ0n) is 16.4. The second-order valence-corrected chi connectivity index (χ2v) is 6.84. The molecule has 7 nitrogen and oxygen atoms in total. The van der Waals surface area contributed by atoms with Gasteiger partial charge in [-0.2, -0.15) is 4.98 Å². The zero-order chi connectivity index (χ0) is 19.2. The molecule has 0 spiro atoms. The van der Waals surface area contributed by atoms with Crippen LogP contribution in [0.4, 0.5) is 0 Å². The highest BCUT2D eigenvalue weighted by molar-refractivity contribution is 5.76. The summed E-state index contributed by atoms with van der Waals surface area (Å²) in [6.07, 6.45) is 2.05. The van der Waals surface area contributed by atoms with Crippen LogP contribution < -0.4 is 4.74 Å². The Hall–Kier alpha value is -2.41. The van der Waals surface area contributed by atoms with Gasteiger partial charge in [0.2, 0.25) is 11.8 Å². The number of piperazine rings is 1. The summed E-state index contributed by atoms with van der Waals surface area (Å²) >= 11 is 0. The van der Waals surface area contributed by atoms with Crippen LogP contribution in [0.1, 0.15) is 43.6 Å². The molecule has 27 heavy (non-hydrogen) atoms. The molecule has 2 aromatic rings. The van der Waals surface area contributed by atoms with E-state index in [1.165, 1.54) is 0 Å². The van der Waals surface area contributed by atoms with Crippen LogP contribution in [0, 0.1) is 0 Å². The fourth-order valence-electron chi connectivity index (χ4n) is 3.30. The Morgan fingerprint density at radius 3 is 2.52 bits per heavy atom. The highest BCUT2D eigenvalue weighted by atomic mass is 16.5. The standard InChI is InChI=1S/C20H28N4O3/c1-4-18-21-20(27-22-18)15(2)23-11-13-24(14-12-23)19(25)10-7-16-5-8-17(26-3)9-6-16/h5-6,8-9,15H,4,7,10-14H2,1-3H3. The maximum absolute atomic E-state index is 12.5. The van der Waals surface area contributed by atoms with Gasteiger partial charge in [0.1, 0.15) is 5.75 Å². The van der Waals surface area contributed by atoms with Gasteiger partial charge in [-0.15, -0.1) is 0 Å². The van der Waals surface area contributed by atoms with Crippen LogP contribution in [-0.4, -0.2) is 59.1 Å². The van der Waals surface area contributed by atoms with Crippen LogP contribution in [0.5, 0.6) is 5.75 Å². The second-order valence-electron chi connectivity index (χ2n) is 6.84. The first kappa shape index (κ1) is 19.4. The minimum atomic E-state index is 0.0781. The molecule has 1 fully saturated rings. The summed E-state index contributed by atoms with van der Waals surface area (Å²) in [6.45, 7) is 7.20. The largest absolute Gasteiger partial charge is 0.497 e. The van der Waals surface area contributed by atoms with Gasteiger partial charge in [-0.25, -0.2) is 0 Å². The van der Waals surface area contributed by atoms with Crippen LogP contribution in [0.2, 0.25) is 0 Å². The number of ether oxygens (including phenoxy) is 1. The number of carbonyl (C=O) groups is 1. The maximum atomic E-state index is 12.5. The van der Waals surface area contributed by atoms with Gasteiger partial charge in [-0.3, -0.25) is 9.69 Å². The molecule has 1 aromatic carbocycles. The Balaban J connectivity index is 1.45. The first-order chi connectivity index (χ1) is 13.1. The molecular weight excluding hydrogens is 344 g/mol. The molecule has 1 unspecified atom stereocenters. The van der Waals surface area contributed by atoms with E-state index in [2.05, 4.69) is 22.0 Å². The van der Waals surface area contributed by atoms with E-state index < -0.39 is 0 Å². The predicted octanol–water partition coefficient (Wildman–Crippen LogP) is 2.48. The third-order valence-corrected chi connectivity index (χ3v) is 5.16. The number of hydrogen-bond donors (Lipinski definition) is 0. The van der Waals surface area contributed by atoms with E-state index in [-0.39, 0.29) is 11.9 Å². The summed E-state index contributed by atoms with van der Waals surface area (Å²) in [6, 6.07) is 7.97. The molecule has 0 bridgehead atoms. The lowest BCUT2D eigenvalue weighted by molar-refractivity contribution is -0.133. The van der Waals surface area contributed by atoms with E-state index in [1.54, 1.807) is 7.11 Å². The Labute approximate surface area is 160 Å². The third-order valence-electron chi connectivity index (χ3n) is 5.16. The van der Waals surface area contributed by atoms with E-state index in [0.29, 0.717) is 12.3 Å². The number of rotatable bonds is 7. The van der Waals surface area contributed by atoms with Crippen LogP contribution in [0.3, 0.4) is 0 Å². The summed E-state index contributed by atoms with van der Waals surface area (Å²) in [4.78, 5) is 21.2. The molecule has 7 heteroatoms. The molecular formula is C20H28N4O3. The molecule has 2 heterocycles. The third kappa shape index (κ3) is 4.86. The number of hydrogen-bond acceptors (Lipinski definition) is 6. The van der Waals surface area contributed by atoms with E-state index in [4.69, 9.17) is 9.26 Å². The highest BCUT2D eigenvalue weighted by Crippen LogP contribution is 2.21. The molecule has 0 N–H and O–H groups in total. The zero-order valence-corrected chi connectivity index (χ0v) is 16.4. The molecule has 146 valence electrons. The lowest BCUT2D eigenvalue weighted by Gasteiger charge is -2.36. The van der Waals surface area contributed by atoms with Gasteiger partial charge in [-0.1, -0.05) is 24.2 Å². The number of benzene rings is 1. The summed E-state index contributed by atoms with van der Waals surface area (Å²) in [5.74, 6) is 2.45. The van der Waals surface area contributed by atoms with Gasteiger partial charge in [0.15, 0.2) is 5.82 Å². The van der Waals surface area contributed by atoms with Crippen molar-refractivity contribution in [2.24, 2.45) is 0 Å². The Morgan fingerprint density at radius 1 is 1.22 bits per heavy atom. The normalized spacial score (nSPS) is 16.3. The number of methoxy groups -OCH3 is 1. The summed E-state index contributed by atoms with van der Waals surface area (Å²) in [7, 11) is 1.65. The van der Waals surface area contributed by atoms with Crippen LogP contribution in [0.15, 0.2) is 28.8 Å². The minimum Gasteiger partial charge on any atom is -0.497 e. The van der Waals surface area contributed by atoms with Crippen molar-refractivity contribution >= 4 is 5.91 Å². The van der Waals surface area contributed by atoms with Gasteiger partial charge in [-0.05, 0) is 31.0 Å². The average molecular weight is 372 g/mol. The Morgan fingerprint density at radius 2 is 1.93 bits per heavy atom. The van der Waals surface area contributed by atoms with Gasteiger partial charge in [0, 0.05) is 39.0 Å². The van der Waals surface area contributed by atoms with Crippen molar-refractivity contribution in [3.63, 3.8) is 0 Å². The maximum Gasteiger partial charge on any atom is 0.243 e. The number of amides is 1. The van der Waals surface area contributed by atoms with E-state index in [9.17, 15) is 4.79 Å². The summed E-state index contributed by atoms with van der Waals surface area (Å²) in [5.41, 5.74) is 1.15. The van der Waals surface area contributed by atoms with Gasteiger partial charge in [0.25, 0.3) is 0 Å². The fourth-order valence-corrected chi connectivity index (χ4v) is 3.30. The predicted molar refractivity (Wildman–Crippen MR) is 102 cm³/mol. The Kier molecular flexibility index (Phi) is 6.45. The molecule has 3 rings (SSSR count). The lowest BCUT2D eigenvalue weighted by atomic mass is 10.1. The second kappa shape index (κ2) is 8.99. The molecule has 1 atom stereocenters. The minimum absolute atomic E-state index is 0.0781. The number of aromatic nitrogens is 2. The van der Waals surface area contributed by atoms with Crippen molar-refractivity contribution in [1.29, 1.82) is 0 Å². The number of nitrogens with zero attached hydrogens (tertiary/aromatic N) is 4. The number of carbonyl (C=O) groups excluding carboxylic acids is 1. The van der Waals surface area contributed by atoms with Crippen molar-refractivity contribution in [2.45, 2.75) is 39.2 Å². The SMILES string of the molecule is CCc1noc(C(C)N2CCN(C(=O)CCc3ccc(OC)cc3)CC2)n1. The van der Waals surface area contributed by atoms with Gasteiger partial charge < -0.3 is 14.2 Å². The summed E-state index contributed by atoms with van der Waals surface area (Å²) in [5, 5.41) is 3.97. The molecule has 1 aliphatic heterocycles. The smallest absolute Gasteiger partial charge is 0.243 e. The van der Waals surface area contributed by atoms with Crippen molar-refractivity contribution in [3.8, 4) is 5.75 Å². The molecule has 1 amide bonds. The monoisotopic (exact) mass is 372 g/mol. The van der Waals surface area contributed by atoms with Crippen molar-refractivity contribution in [1.82, 2.24) is 19.9 Å². The molecule has 1 aliphatic rings. The van der Waals surface area contributed by atoms with Crippen LogP contribution >= 0.6 is 0 Å². The highest BCUT2D eigenvalue weighted by Gasteiger charge is 2.27. The van der Waals surface area contributed by atoms with E-state index in [0.717, 1.165) is 56.2 Å². The molecule has 1 saturated heterocycles. The van der Waals surface area contributed by atoms with Crippen LogP contribution in [-0.2, 0) is 17.6 Å². The summed E-state index contributed by atoms with van der Waals surface area (Å²) < 4.78 is 10.5. The van der Waals surface area contributed by atoms with Crippen molar-refractivity contribution < 1.29 is 14.1 Å². The van der Waals surface area contributed by atoms with Crippen LogP contribution in [0.25, 0.3) is 0 Å². The first-order valence-corrected chi connectivity index (χ1v) is 9.58. The molecule has 1 aromatic heterocycles. The molecule has 0 radical (unpaired) electrons. The van der Waals surface area contributed by atoms with Gasteiger partial charge >= 0.3 is 0 Å². The lowest BCUT2D eigenvalue weighted by Crippen LogP contribution is -2.49. The topological polar surface area (TPSA) is 71.7 Å². The van der Waals surface area contributed by atoms with Gasteiger partial charge in [0.05, 0.1) is 13.2 Å². The van der Waals surface area contributed by atoms with Crippen molar-refractivity contribution in [3.05, 3.63) is 41.5 Å². The van der Waals surface area contributed by atoms with E-state index >= 15 is 0 Å². The molecule has 0 saturated carbocycles. The average Bonchev–Trinajstić information content (AvgIpc) is 3.21. The fraction of sp³-hybridized carbons (Fsp3) is 0.550. The quantitative estimate of drug-likeness (QED) is 0.744.